The van der Waals surface area contributed by atoms with Crippen molar-refractivity contribution in [3.05, 3.63) is 35.0 Å². The summed E-state index contributed by atoms with van der Waals surface area (Å²) in [6.07, 6.45) is 10.0. The molecule has 3 aliphatic rings. The van der Waals surface area contributed by atoms with Gasteiger partial charge >= 0.3 is 0 Å². The number of aromatic nitrogens is 1. The molecular formula is C24H35N3O. The molecule has 1 aromatic carbocycles. The van der Waals surface area contributed by atoms with E-state index in [2.05, 4.69) is 39.9 Å². The molecule has 2 aliphatic carbocycles. The minimum absolute atomic E-state index is 0.273. The molecule has 5 rings (SSSR count). The number of nitrogens with zero attached hydrogens (tertiary/aromatic N) is 2. The summed E-state index contributed by atoms with van der Waals surface area (Å²) in [5, 5.41) is 15.9. The van der Waals surface area contributed by atoms with Gasteiger partial charge in [-0.2, -0.15) is 0 Å². The monoisotopic (exact) mass is 381 g/mol. The Labute approximate surface area is 168 Å². The molecule has 0 radical (unpaired) electrons. The Kier molecular flexibility index (Phi) is 5.20. The lowest BCUT2D eigenvalue weighted by Crippen LogP contribution is -2.46. The van der Waals surface area contributed by atoms with Crippen LogP contribution in [0.1, 0.15) is 67.8 Å². The van der Waals surface area contributed by atoms with Crippen LogP contribution in [0.2, 0.25) is 0 Å². The number of aliphatic hydroxyl groups is 1. The summed E-state index contributed by atoms with van der Waals surface area (Å²) in [6.45, 7) is 5.84. The van der Waals surface area contributed by atoms with Gasteiger partial charge in [-0.05, 0) is 56.7 Å². The van der Waals surface area contributed by atoms with E-state index < -0.39 is 0 Å². The predicted molar refractivity (Wildman–Crippen MR) is 115 cm³/mol. The zero-order chi connectivity index (χ0) is 19.1. The van der Waals surface area contributed by atoms with Crippen LogP contribution in [-0.2, 0) is 13.0 Å². The van der Waals surface area contributed by atoms with Crippen molar-refractivity contribution in [1.82, 2.24) is 14.8 Å². The average Bonchev–Trinajstić information content (AvgIpc) is 3.04. The normalized spacial score (nSPS) is 24.4. The van der Waals surface area contributed by atoms with E-state index in [-0.39, 0.29) is 6.10 Å². The first-order chi connectivity index (χ1) is 13.7. The fraction of sp³-hybridized carbons (Fsp3) is 0.667. The summed E-state index contributed by atoms with van der Waals surface area (Å²) >= 11 is 0. The molecular weight excluding hydrogens is 346 g/mol. The van der Waals surface area contributed by atoms with Crippen LogP contribution in [0.25, 0.3) is 10.9 Å². The van der Waals surface area contributed by atoms with Gasteiger partial charge in [0.1, 0.15) is 0 Å². The summed E-state index contributed by atoms with van der Waals surface area (Å²) in [4.78, 5) is 2.57. The van der Waals surface area contributed by atoms with Crippen LogP contribution in [0.4, 0.5) is 0 Å². The number of aliphatic hydroxyl groups excluding tert-OH is 1. The van der Waals surface area contributed by atoms with Crippen LogP contribution in [0.5, 0.6) is 0 Å². The number of fused-ring (bicyclic) bond motifs is 3. The molecule has 0 bridgehead atoms. The van der Waals surface area contributed by atoms with Gasteiger partial charge in [0.15, 0.2) is 0 Å². The Morgan fingerprint density at radius 2 is 1.96 bits per heavy atom. The van der Waals surface area contributed by atoms with Gasteiger partial charge in [-0.1, -0.05) is 30.9 Å². The SMILES string of the molecule is Cc1ccc2c(c1)c1c3n2CCN(CC(O)CNC2CCCCC2)C3CCC1. The molecule has 1 aliphatic heterocycles. The quantitative estimate of drug-likeness (QED) is 0.825. The fourth-order valence-electron chi connectivity index (χ4n) is 5.95. The van der Waals surface area contributed by atoms with Crippen LogP contribution < -0.4 is 5.32 Å². The maximum atomic E-state index is 10.7. The van der Waals surface area contributed by atoms with Crippen molar-refractivity contribution in [3.8, 4) is 0 Å². The maximum absolute atomic E-state index is 10.7. The third-order valence-electron chi connectivity index (χ3n) is 7.33. The predicted octanol–water partition coefficient (Wildman–Crippen LogP) is 3.93. The first-order valence-electron chi connectivity index (χ1n) is 11.5. The number of nitrogens with one attached hydrogen (secondary N) is 1. The summed E-state index contributed by atoms with van der Waals surface area (Å²) in [5.41, 5.74) is 5.90. The van der Waals surface area contributed by atoms with Gasteiger partial charge in [-0.3, -0.25) is 4.90 Å². The fourth-order valence-corrected chi connectivity index (χ4v) is 5.95. The highest BCUT2D eigenvalue weighted by Crippen LogP contribution is 2.42. The van der Waals surface area contributed by atoms with Gasteiger partial charge < -0.3 is 15.0 Å². The smallest absolute Gasteiger partial charge is 0.0791 e. The molecule has 0 saturated heterocycles. The Balaban J connectivity index is 1.31. The Morgan fingerprint density at radius 1 is 1.11 bits per heavy atom. The molecule has 2 atom stereocenters. The number of β-amino-alcohol motifs (C(OH)–C–C–N with tert-alkyl or cyclic N) is 1. The average molecular weight is 382 g/mol. The van der Waals surface area contributed by atoms with Gasteiger partial charge in [-0.25, -0.2) is 0 Å². The van der Waals surface area contributed by atoms with E-state index in [1.54, 1.807) is 11.3 Å². The van der Waals surface area contributed by atoms with Crippen molar-refractivity contribution in [2.45, 2.75) is 83.0 Å². The first kappa shape index (κ1) is 18.7. The summed E-state index contributed by atoms with van der Waals surface area (Å²) in [6, 6.07) is 8.05. The molecule has 152 valence electrons. The van der Waals surface area contributed by atoms with E-state index in [1.807, 2.05) is 0 Å². The minimum Gasteiger partial charge on any atom is -0.390 e. The van der Waals surface area contributed by atoms with Crippen molar-refractivity contribution >= 4 is 10.9 Å². The summed E-state index contributed by atoms with van der Waals surface area (Å²) in [5.74, 6) is 0. The molecule has 4 heteroatoms. The Morgan fingerprint density at radius 3 is 2.82 bits per heavy atom. The number of rotatable bonds is 5. The molecule has 28 heavy (non-hydrogen) atoms. The number of hydrogen-bond donors (Lipinski definition) is 2. The third-order valence-corrected chi connectivity index (χ3v) is 7.33. The van der Waals surface area contributed by atoms with Gasteiger partial charge in [-0.15, -0.1) is 0 Å². The number of aryl methyl sites for hydroxylation is 2. The van der Waals surface area contributed by atoms with Crippen LogP contribution in [0.3, 0.4) is 0 Å². The highest BCUT2D eigenvalue weighted by molar-refractivity contribution is 5.87. The van der Waals surface area contributed by atoms with E-state index in [9.17, 15) is 5.11 Å². The Hall–Kier alpha value is -1.36. The molecule has 1 saturated carbocycles. The van der Waals surface area contributed by atoms with E-state index >= 15 is 0 Å². The molecule has 2 N–H and O–H groups in total. The van der Waals surface area contributed by atoms with E-state index in [0.717, 1.165) is 26.2 Å². The second-order valence-corrected chi connectivity index (χ2v) is 9.34. The summed E-state index contributed by atoms with van der Waals surface area (Å²) in [7, 11) is 0. The number of hydrogen-bond acceptors (Lipinski definition) is 3. The van der Waals surface area contributed by atoms with Crippen molar-refractivity contribution in [1.29, 1.82) is 0 Å². The molecule has 0 amide bonds. The lowest BCUT2D eigenvalue weighted by atomic mass is 9.89. The lowest BCUT2D eigenvalue weighted by molar-refractivity contribution is 0.0618. The van der Waals surface area contributed by atoms with E-state index in [0.29, 0.717) is 12.1 Å². The molecule has 4 nitrogen and oxygen atoms in total. The van der Waals surface area contributed by atoms with Gasteiger partial charge in [0.2, 0.25) is 0 Å². The van der Waals surface area contributed by atoms with Crippen molar-refractivity contribution in [2.75, 3.05) is 19.6 Å². The highest BCUT2D eigenvalue weighted by Gasteiger charge is 2.35. The zero-order valence-electron chi connectivity index (χ0n) is 17.3. The minimum atomic E-state index is -0.273. The maximum Gasteiger partial charge on any atom is 0.0791 e. The van der Waals surface area contributed by atoms with Gasteiger partial charge in [0.05, 0.1) is 12.1 Å². The molecule has 1 fully saturated rings. The van der Waals surface area contributed by atoms with Crippen LogP contribution in [0.15, 0.2) is 18.2 Å². The second kappa shape index (κ2) is 7.81. The lowest BCUT2D eigenvalue weighted by Gasteiger charge is -2.41. The van der Waals surface area contributed by atoms with Gasteiger partial charge in [0.25, 0.3) is 0 Å². The largest absolute Gasteiger partial charge is 0.390 e. The van der Waals surface area contributed by atoms with Crippen LogP contribution >= 0.6 is 0 Å². The highest BCUT2D eigenvalue weighted by atomic mass is 16.3. The molecule has 2 aromatic rings. The van der Waals surface area contributed by atoms with Crippen molar-refractivity contribution in [2.24, 2.45) is 0 Å². The van der Waals surface area contributed by atoms with Crippen molar-refractivity contribution in [3.63, 3.8) is 0 Å². The van der Waals surface area contributed by atoms with E-state index in [1.165, 1.54) is 67.8 Å². The van der Waals surface area contributed by atoms with Crippen LogP contribution in [0, 0.1) is 6.92 Å². The van der Waals surface area contributed by atoms with Crippen molar-refractivity contribution < 1.29 is 5.11 Å². The molecule has 2 heterocycles. The Bertz CT molecular complexity index is 836. The first-order valence-corrected chi connectivity index (χ1v) is 11.5. The second-order valence-electron chi connectivity index (χ2n) is 9.34. The third kappa shape index (κ3) is 3.40. The molecule has 2 unspecified atom stereocenters. The topological polar surface area (TPSA) is 40.4 Å². The number of benzene rings is 1. The van der Waals surface area contributed by atoms with Crippen LogP contribution in [-0.4, -0.2) is 46.4 Å². The molecule has 0 spiro atoms. The standard InChI is InChI=1S/C24H35N3O/c1-17-10-11-22-21(14-17)20-8-5-9-23-24(20)27(22)13-12-26(23)16-19(28)15-25-18-6-3-2-4-7-18/h10-11,14,18-19,23,25,28H,2-9,12-13,15-16H2,1H3. The molecule has 1 aromatic heterocycles. The zero-order valence-corrected chi connectivity index (χ0v) is 17.3. The summed E-state index contributed by atoms with van der Waals surface area (Å²) < 4.78 is 2.58. The van der Waals surface area contributed by atoms with E-state index in [4.69, 9.17) is 0 Å². The van der Waals surface area contributed by atoms with Gasteiger partial charge in [0, 0.05) is 48.8 Å².